The molecule has 0 unspecified atom stereocenters. The first-order valence-electron chi connectivity index (χ1n) is 18.1. The van der Waals surface area contributed by atoms with Crippen molar-refractivity contribution in [3.63, 3.8) is 0 Å². The van der Waals surface area contributed by atoms with Gasteiger partial charge in [0.1, 0.15) is 18.8 Å². The Hall–Kier alpha value is -3.41. The molecule has 0 fully saturated rings. The highest BCUT2D eigenvalue weighted by molar-refractivity contribution is 5.74. The summed E-state index contributed by atoms with van der Waals surface area (Å²) < 4.78 is 10.7. The van der Waals surface area contributed by atoms with Crippen molar-refractivity contribution < 1.29 is 23.9 Å². The van der Waals surface area contributed by atoms with Gasteiger partial charge >= 0.3 is 11.9 Å². The van der Waals surface area contributed by atoms with Crippen LogP contribution in [0.4, 0.5) is 0 Å². The maximum atomic E-state index is 12.2. The third-order valence-electron chi connectivity index (χ3n) is 8.70. The number of benzene rings is 2. The predicted molar refractivity (Wildman–Crippen MR) is 194 cm³/mol. The van der Waals surface area contributed by atoms with E-state index in [1.54, 1.807) is 0 Å². The highest BCUT2D eigenvalue weighted by atomic mass is 16.5. The molecule has 0 aliphatic rings. The van der Waals surface area contributed by atoms with Crippen molar-refractivity contribution in [2.75, 3.05) is 13.2 Å². The molecule has 2 aromatic carbocycles. The van der Waals surface area contributed by atoms with Crippen LogP contribution in [0.2, 0.25) is 0 Å². The van der Waals surface area contributed by atoms with Gasteiger partial charge in [0.25, 0.3) is 0 Å². The van der Waals surface area contributed by atoms with E-state index in [4.69, 9.17) is 9.47 Å². The summed E-state index contributed by atoms with van der Waals surface area (Å²) in [4.78, 5) is 35.7. The van der Waals surface area contributed by atoms with Gasteiger partial charge in [-0.3, -0.25) is 14.4 Å². The lowest BCUT2D eigenvalue weighted by Crippen LogP contribution is -2.55. The molecule has 0 aromatic heterocycles. The van der Waals surface area contributed by atoms with Gasteiger partial charge in [-0.15, -0.1) is 0 Å². The highest BCUT2D eigenvalue weighted by Crippen LogP contribution is 2.24. The van der Waals surface area contributed by atoms with Gasteiger partial charge in [0.2, 0.25) is 5.91 Å². The minimum Gasteiger partial charge on any atom is -0.463 e. The van der Waals surface area contributed by atoms with Crippen molar-refractivity contribution in [1.29, 1.82) is 0 Å². The molecule has 1 N–H and O–H groups in total. The Balaban J connectivity index is 2.24. The van der Waals surface area contributed by atoms with E-state index in [2.05, 4.69) is 73.8 Å². The fourth-order valence-corrected chi connectivity index (χ4v) is 5.93. The van der Waals surface area contributed by atoms with Crippen molar-refractivity contribution in [3.05, 3.63) is 70.3 Å². The van der Waals surface area contributed by atoms with E-state index in [1.807, 2.05) is 0 Å². The summed E-state index contributed by atoms with van der Waals surface area (Å²) >= 11 is 0. The number of carbonyl (C=O) groups excluding carboxylic acids is 3. The summed E-state index contributed by atoms with van der Waals surface area (Å²) in [5.74, 6) is -1.19. The number of carbonyl (C=O) groups is 3. The second-order valence-electron chi connectivity index (χ2n) is 13.2. The first-order valence-corrected chi connectivity index (χ1v) is 18.1. The van der Waals surface area contributed by atoms with Crippen LogP contribution in [0, 0.1) is 0 Å². The minimum absolute atomic E-state index is 0.0818. The molecule has 0 aliphatic heterocycles. The summed E-state index contributed by atoms with van der Waals surface area (Å²) in [6.45, 7) is 8.41. The number of hydrogen-bond donors (Lipinski definition) is 1. The van der Waals surface area contributed by atoms with Gasteiger partial charge in [0, 0.05) is 20.8 Å². The van der Waals surface area contributed by atoms with Crippen molar-refractivity contribution in [2.45, 2.75) is 143 Å². The fraction of sp³-hybridized carbons (Fsp3) is 0.585. The monoisotopic (exact) mass is 647 g/mol. The smallest absolute Gasteiger partial charge is 0.302 e. The third-order valence-corrected chi connectivity index (χ3v) is 8.70. The Kier molecular flexibility index (Phi) is 19.5. The molecular formula is C41H61NO5. The zero-order valence-corrected chi connectivity index (χ0v) is 30.0. The Morgan fingerprint density at radius 1 is 0.638 bits per heavy atom. The van der Waals surface area contributed by atoms with Gasteiger partial charge in [-0.1, -0.05) is 133 Å². The predicted octanol–water partition coefficient (Wildman–Crippen LogP) is 9.60. The number of amides is 1. The van der Waals surface area contributed by atoms with E-state index in [0.717, 1.165) is 29.5 Å². The van der Waals surface area contributed by atoms with Crippen LogP contribution in [0.15, 0.2) is 42.5 Å². The average Bonchev–Trinajstić information content (AvgIpc) is 3.04. The Morgan fingerprint density at radius 2 is 1.15 bits per heavy atom. The average molecular weight is 648 g/mol. The van der Waals surface area contributed by atoms with Gasteiger partial charge in [-0.25, -0.2) is 0 Å². The number of aryl methyl sites for hydroxylation is 3. The Bertz CT molecular complexity index is 1210. The van der Waals surface area contributed by atoms with E-state index in [-0.39, 0.29) is 19.1 Å². The van der Waals surface area contributed by atoms with E-state index in [0.29, 0.717) is 12.8 Å². The lowest BCUT2D eigenvalue weighted by molar-refractivity contribution is -0.150. The van der Waals surface area contributed by atoms with Crippen LogP contribution in [-0.4, -0.2) is 36.6 Å². The van der Waals surface area contributed by atoms with Gasteiger partial charge in [-0.05, 0) is 66.3 Å². The second-order valence-corrected chi connectivity index (χ2v) is 13.2. The number of rotatable bonds is 24. The topological polar surface area (TPSA) is 81.7 Å². The summed E-state index contributed by atoms with van der Waals surface area (Å²) in [5.41, 5.74) is 5.06. The van der Waals surface area contributed by atoms with Crippen LogP contribution in [0.3, 0.4) is 0 Å². The Labute approximate surface area is 285 Å². The summed E-state index contributed by atoms with van der Waals surface area (Å²) in [6.07, 6.45) is 22.9. The van der Waals surface area contributed by atoms with Crippen LogP contribution >= 0.6 is 0 Å². The number of ether oxygens (including phenoxy) is 2. The molecule has 6 nitrogen and oxygen atoms in total. The number of unbranched alkanes of at least 4 members (excludes halogenated alkanes) is 10. The SMILES string of the molecule is CCCCCCCCc1ccc(/C=C/c2cc(CCCCCCCC)ccc2CCC(COC(C)=O)(COC(C)=O)NC(C)=O)cc1. The first kappa shape index (κ1) is 39.8. The number of esters is 2. The number of hydrogen-bond acceptors (Lipinski definition) is 5. The molecule has 0 radical (unpaired) electrons. The van der Waals surface area contributed by atoms with Crippen molar-refractivity contribution >= 4 is 30.0 Å². The van der Waals surface area contributed by atoms with E-state index in [1.165, 1.54) is 109 Å². The van der Waals surface area contributed by atoms with E-state index >= 15 is 0 Å². The van der Waals surface area contributed by atoms with Crippen molar-refractivity contribution in [3.8, 4) is 0 Å². The summed E-state index contributed by atoms with van der Waals surface area (Å²) in [6, 6.07) is 15.5. The Morgan fingerprint density at radius 3 is 1.68 bits per heavy atom. The normalized spacial score (nSPS) is 11.5. The fourth-order valence-electron chi connectivity index (χ4n) is 5.93. The van der Waals surface area contributed by atoms with Crippen LogP contribution in [0.1, 0.15) is 146 Å². The lowest BCUT2D eigenvalue weighted by Gasteiger charge is -2.33. The molecule has 2 aromatic rings. The largest absolute Gasteiger partial charge is 0.463 e. The molecule has 47 heavy (non-hydrogen) atoms. The lowest BCUT2D eigenvalue weighted by atomic mass is 9.89. The first-order chi connectivity index (χ1) is 22.7. The van der Waals surface area contributed by atoms with E-state index in [9.17, 15) is 14.4 Å². The maximum absolute atomic E-state index is 12.2. The van der Waals surface area contributed by atoms with Gasteiger partial charge in [0.15, 0.2) is 0 Å². The molecule has 1 amide bonds. The second kappa shape index (κ2) is 23.0. The van der Waals surface area contributed by atoms with Gasteiger partial charge in [0.05, 0.1) is 0 Å². The maximum Gasteiger partial charge on any atom is 0.302 e. The molecular weight excluding hydrogens is 586 g/mol. The minimum atomic E-state index is -1.03. The molecule has 2 rings (SSSR count). The molecule has 0 atom stereocenters. The van der Waals surface area contributed by atoms with Crippen molar-refractivity contribution in [1.82, 2.24) is 5.32 Å². The summed E-state index contributed by atoms with van der Waals surface area (Å²) in [7, 11) is 0. The molecule has 0 saturated heterocycles. The van der Waals surface area contributed by atoms with Crippen molar-refractivity contribution in [2.24, 2.45) is 0 Å². The van der Waals surface area contributed by atoms with Crippen LogP contribution in [0.25, 0.3) is 12.2 Å². The molecule has 260 valence electrons. The van der Waals surface area contributed by atoms with Crippen LogP contribution in [-0.2, 0) is 43.1 Å². The van der Waals surface area contributed by atoms with Crippen LogP contribution < -0.4 is 5.32 Å². The molecule has 0 saturated carbocycles. The zero-order valence-electron chi connectivity index (χ0n) is 30.0. The molecule has 0 bridgehead atoms. The van der Waals surface area contributed by atoms with Crippen LogP contribution in [0.5, 0.6) is 0 Å². The molecule has 0 spiro atoms. The third kappa shape index (κ3) is 17.4. The van der Waals surface area contributed by atoms with E-state index < -0.39 is 17.5 Å². The molecule has 0 heterocycles. The van der Waals surface area contributed by atoms with Gasteiger partial charge < -0.3 is 14.8 Å². The zero-order chi connectivity index (χ0) is 34.3. The highest BCUT2D eigenvalue weighted by Gasteiger charge is 2.34. The molecule has 0 aliphatic carbocycles. The van der Waals surface area contributed by atoms with Gasteiger partial charge in [-0.2, -0.15) is 0 Å². The standard InChI is InChI=1S/C41H61NO5/c1-6-8-10-12-14-16-18-36-20-22-37(23-21-36)24-27-40-30-38(19-17-15-13-11-9-7-2)25-26-39(40)28-29-41(42-33(3)43,31-46-34(4)44)32-47-35(5)45/h20-27,30H,6-19,28-29,31-32H2,1-5H3,(H,42,43)/b27-24+. The quantitative estimate of drug-likeness (QED) is 0.0697. The summed E-state index contributed by atoms with van der Waals surface area (Å²) in [5, 5.41) is 2.93. The molecule has 6 heteroatoms. The number of nitrogens with one attached hydrogen (secondary N) is 1.